The molecule has 1 aliphatic rings. The molecule has 0 aliphatic heterocycles. The molecule has 4 heteroatoms. The van der Waals surface area contributed by atoms with E-state index in [2.05, 4.69) is 21.5 Å². The van der Waals surface area contributed by atoms with Gasteiger partial charge >= 0.3 is 0 Å². The van der Waals surface area contributed by atoms with Crippen LogP contribution in [0.1, 0.15) is 38.2 Å². The molecule has 1 fully saturated rings. The van der Waals surface area contributed by atoms with Gasteiger partial charge in [-0.3, -0.25) is 4.57 Å². The van der Waals surface area contributed by atoms with Gasteiger partial charge < -0.3 is 5.73 Å². The summed E-state index contributed by atoms with van der Waals surface area (Å²) in [7, 11) is 0. The Morgan fingerprint density at radius 3 is 2.83 bits per heavy atom. The van der Waals surface area contributed by atoms with Gasteiger partial charge in [-0.25, -0.2) is 9.97 Å². The zero-order valence-electron chi connectivity index (χ0n) is 11.1. The fraction of sp³-hybridized carbons (Fsp3) is 0.571. The largest absolute Gasteiger partial charge is 0.369 e. The van der Waals surface area contributed by atoms with E-state index in [-0.39, 0.29) is 0 Å². The van der Waals surface area contributed by atoms with Crippen molar-refractivity contribution in [1.29, 1.82) is 0 Å². The van der Waals surface area contributed by atoms with E-state index < -0.39 is 0 Å². The molecule has 1 saturated carbocycles. The number of pyridine rings is 1. The molecule has 2 N–H and O–H groups in total. The molecule has 2 aromatic rings. The lowest BCUT2D eigenvalue weighted by Crippen LogP contribution is -2.21. The predicted molar refractivity (Wildman–Crippen MR) is 73.3 cm³/mol. The van der Waals surface area contributed by atoms with Crippen molar-refractivity contribution in [3.05, 3.63) is 17.8 Å². The van der Waals surface area contributed by atoms with Gasteiger partial charge in [0, 0.05) is 12.7 Å². The first-order chi connectivity index (χ1) is 8.57. The van der Waals surface area contributed by atoms with Crippen LogP contribution in [0.2, 0.25) is 0 Å². The molecule has 0 bridgehead atoms. The summed E-state index contributed by atoms with van der Waals surface area (Å²) in [5.74, 6) is 0.594. The third kappa shape index (κ3) is 1.85. The average molecular weight is 244 g/mol. The van der Waals surface area contributed by atoms with E-state index >= 15 is 0 Å². The fourth-order valence-corrected chi connectivity index (χ4v) is 3.05. The second-order valence-corrected chi connectivity index (χ2v) is 5.93. The van der Waals surface area contributed by atoms with Crippen LogP contribution < -0.4 is 5.73 Å². The Morgan fingerprint density at radius 1 is 1.39 bits per heavy atom. The number of nitrogens with two attached hydrogens (primary N) is 1. The molecule has 2 aromatic heterocycles. The highest BCUT2D eigenvalue weighted by Crippen LogP contribution is 2.39. The normalized spacial score (nSPS) is 18.6. The number of hydrogen-bond acceptors (Lipinski definition) is 3. The number of hydrogen-bond donors (Lipinski definition) is 1. The maximum Gasteiger partial charge on any atom is 0.202 e. The van der Waals surface area contributed by atoms with Crippen LogP contribution in [0.25, 0.3) is 11.2 Å². The minimum atomic E-state index is 0.355. The monoisotopic (exact) mass is 244 g/mol. The third-order valence-corrected chi connectivity index (χ3v) is 4.10. The number of aromatic nitrogens is 3. The van der Waals surface area contributed by atoms with Crippen molar-refractivity contribution in [2.24, 2.45) is 5.41 Å². The van der Waals surface area contributed by atoms with Crippen LogP contribution >= 0.6 is 0 Å². The van der Waals surface area contributed by atoms with E-state index in [1.807, 2.05) is 19.2 Å². The number of rotatable bonds is 2. The maximum atomic E-state index is 6.05. The van der Waals surface area contributed by atoms with E-state index in [4.69, 9.17) is 5.73 Å². The third-order valence-electron chi connectivity index (χ3n) is 4.10. The molecule has 96 valence electrons. The summed E-state index contributed by atoms with van der Waals surface area (Å²) in [6.07, 6.45) is 7.10. The standard InChI is InChI=1S/C14H20N4/c1-10-7-11-12(16-8-10)18(13(15)17-11)9-14(2)5-3-4-6-14/h7-8H,3-6,9H2,1-2H3,(H2,15,17). The van der Waals surface area contributed by atoms with E-state index in [1.54, 1.807) is 0 Å². The number of nitrogens with zero attached hydrogens (tertiary/aromatic N) is 3. The topological polar surface area (TPSA) is 56.7 Å². The van der Waals surface area contributed by atoms with Crippen molar-refractivity contribution in [2.75, 3.05) is 5.73 Å². The SMILES string of the molecule is Cc1cnc2c(c1)nc(N)n2CC1(C)CCCC1. The molecule has 0 unspecified atom stereocenters. The highest BCUT2D eigenvalue weighted by molar-refractivity contribution is 5.74. The minimum absolute atomic E-state index is 0.355. The van der Waals surface area contributed by atoms with Crippen LogP contribution in [0, 0.1) is 12.3 Å². The zero-order chi connectivity index (χ0) is 12.8. The first-order valence-corrected chi connectivity index (χ1v) is 6.66. The van der Waals surface area contributed by atoms with Crippen LogP contribution in [-0.4, -0.2) is 14.5 Å². The summed E-state index contributed by atoms with van der Waals surface area (Å²) in [4.78, 5) is 8.92. The summed E-state index contributed by atoms with van der Waals surface area (Å²) in [6.45, 7) is 5.31. The predicted octanol–water partition coefficient (Wildman–Crippen LogP) is 2.90. The van der Waals surface area contributed by atoms with Crippen LogP contribution in [0.4, 0.5) is 5.95 Å². The lowest BCUT2D eigenvalue weighted by atomic mass is 9.89. The van der Waals surface area contributed by atoms with Gasteiger partial charge in [0.2, 0.25) is 5.95 Å². The second kappa shape index (κ2) is 3.97. The molecule has 2 heterocycles. The molecule has 0 spiro atoms. The second-order valence-electron chi connectivity index (χ2n) is 5.93. The number of nitrogen functional groups attached to an aromatic ring is 1. The van der Waals surface area contributed by atoms with Gasteiger partial charge in [-0.2, -0.15) is 0 Å². The van der Waals surface area contributed by atoms with Crippen molar-refractivity contribution >= 4 is 17.1 Å². The Bertz CT molecular complexity index is 579. The Kier molecular flexibility index (Phi) is 2.54. The van der Waals surface area contributed by atoms with Crippen molar-refractivity contribution in [3.8, 4) is 0 Å². The quantitative estimate of drug-likeness (QED) is 0.883. The summed E-state index contributed by atoms with van der Waals surface area (Å²) in [5, 5.41) is 0. The van der Waals surface area contributed by atoms with Gasteiger partial charge in [-0.05, 0) is 36.8 Å². The van der Waals surface area contributed by atoms with Gasteiger partial charge in [0.15, 0.2) is 5.65 Å². The number of fused-ring (bicyclic) bond motifs is 1. The summed E-state index contributed by atoms with van der Waals surface area (Å²) < 4.78 is 2.08. The molecule has 0 radical (unpaired) electrons. The molecule has 18 heavy (non-hydrogen) atoms. The smallest absolute Gasteiger partial charge is 0.202 e. The number of aryl methyl sites for hydroxylation is 1. The van der Waals surface area contributed by atoms with Crippen molar-refractivity contribution < 1.29 is 0 Å². The Balaban J connectivity index is 2.03. The molecule has 0 saturated heterocycles. The molecule has 3 rings (SSSR count). The summed E-state index contributed by atoms with van der Waals surface area (Å²) in [5.41, 5.74) is 9.37. The molecule has 1 aliphatic carbocycles. The van der Waals surface area contributed by atoms with Crippen molar-refractivity contribution in [2.45, 2.75) is 46.1 Å². The van der Waals surface area contributed by atoms with Gasteiger partial charge in [-0.1, -0.05) is 19.8 Å². The van der Waals surface area contributed by atoms with Gasteiger partial charge in [-0.15, -0.1) is 0 Å². The zero-order valence-corrected chi connectivity index (χ0v) is 11.1. The van der Waals surface area contributed by atoms with E-state index in [0.29, 0.717) is 11.4 Å². The fourth-order valence-electron chi connectivity index (χ4n) is 3.05. The number of imidazole rings is 1. The van der Waals surface area contributed by atoms with Crippen LogP contribution in [-0.2, 0) is 6.54 Å². The minimum Gasteiger partial charge on any atom is -0.369 e. The summed E-state index contributed by atoms with van der Waals surface area (Å²) >= 11 is 0. The van der Waals surface area contributed by atoms with Gasteiger partial charge in [0.05, 0.1) is 0 Å². The molecular formula is C14H20N4. The lowest BCUT2D eigenvalue weighted by molar-refractivity contribution is 0.286. The molecule has 0 atom stereocenters. The maximum absolute atomic E-state index is 6.05. The van der Waals surface area contributed by atoms with Crippen molar-refractivity contribution in [1.82, 2.24) is 14.5 Å². The highest BCUT2D eigenvalue weighted by atomic mass is 15.2. The lowest BCUT2D eigenvalue weighted by Gasteiger charge is -2.24. The Labute approximate surface area is 107 Å². The first-order valence-electron chi connectivity index (χ1n) is 6.66. The molecule has 0 amide bonds. The van der Waals surface area contributed by atoms with Crippen LogP contribution in [0.15, 0.2) is 12.3 Å². The average Bonchev–Trinajstić information content (AvgIpc) is 2.85. The van der Waals surface area contributed by atoms with E-state index in [9.17, 15) is 0 Å². The number of anilines is 1. The Hall–Kier alpha value is -1.58. The van der Waals surface area contributed by atoms with E-state index in [0.717, 1.165) is 23.3 Å². The van der Waals surface area contributed by atoms with Gasteiger partial charge in [0.1, 0.15) is 5.52 Å². The molecular weight excluding hydrogens is 224 g/mol. The highest BCUT2D eigenvalue weighted by Gasteiger charge is 2.30. The van der Waals surface area contributed by atoms with Crippen LogP contribution in [0.3, 0.4) is 0 Å². The first kappa shape index (κ1) is 11.5. The molecule has 4 nitrogen and oxygen atoms in total. The Morgan fingerprint density at radius 2 is 2.11 bits per heavy atom. The molecule has 0 aromatic carbocycles. The summed E-state index contributed by atoms with van der Waals surface area (Å²) in [6, 6.07) is 2.05. The van der Waals surface area contributed by atoms with Gasteiger partial charge in [0.25, 0.3) is 0 Å². The van der Waals surface area contributed by atoms with E-state index in [1.165, 1.54) is 25.7 Å². The van der Waals surface area contributed by atoms with Crippen molar-refractivity contribution in [3.63, 3.8) is 0 Å². The van der Waals surface area contributed by atoms with Crippen LogP contribution in [0.5, 0.6) is 0 Å².